The summed E-state index contributed by atoms with van der Waals surface area (Å²) in [6.45, 7) is 1.59. The molecule has 0 spiro atoms. The average molecular weight is 406 g/mol. The minimum absolute atomic E-state index is 0.0480. The van der Waals surface area contributed by atoms with Gasteiger partial charge in [0.25, 0.3) is 5.91 Å². The second-order valence-corrected chi connectivity index (χ2v) is 8.74. The Morgan fingerprint density at radius 1 is 1.14 bits per heavy atom. The van der Waals surface area contributed by atoms with Gasteiger partial charge < -0.3 is 10.4 Å². The molecule has 0 unspecified atom stereocenters. The topological polar surface area (TPSA) is 95.5 Å². The highest BCUT2D eigenvalue weighted by atomic mass is 32.2. The number of hydrogen-bond acceptors (Lipinski definition) is 4. The number of aliphatic hydroxyl groups excluding tert-OH is 1. The number of nitrogens with one attached hydrogen (secondary N) is 2. The van der Waals surface area contributed by atoms with E-state index in [1.54, 1.807) is 6.92 Å². The normalized spacial score (nSPS) is 20.0. The molecule has 2 aromatic carbocycles. The number of amides is 1. The maximum absolute atomic E-state index is 13.4. The van der Waals surface area contributed by atoms with Crippen LogP contribution in [0.5, 0.6) is 0 Å². The Morgan fingerprint density at radius 3 is 2.61 bits per heavy atom. The highest BCUT2D eigenvalue weighted by Crippen LogP contribution is 2.21. The predicted molar refractivity (Wildman–Crippen MR) is 104 cm³/mol. The third kappa shape index (κ3) is 4.76. The smallest absolute Gasteiger partial charge is 0.255 e. The molecule has 3 N–H and O–H groups in total. The summed E-state index contributed by atoms with van der Waals surface area (Å²) in [5, 5.41) is 12.6. The summed E-state index contributed by atoms with van der Waals surface area (Å²) >= 11 is 0. The number of benzene rings is 2. The van der Waals surface area contributed by atoms with Gasteiger partial charge in [0.1, 0.15) is 5.82 Å². The van der Waals surface area contributed by atoms with E-state index in [4.69, 9.17) is 0 Å². The zero-order chi connectivity index (χ0) is 20.3. The Kier molecular flexibility index (Phi) is 6.12. The third-order valence-corrected chi connectivity index (χ3v) is 6.35. The number of aliphatic hydroxyl groups is 1. The second kappa shape index (κ2) is 8.38. The number of aryl methyl sites for hydroxylation is 1. The average Bonchev–Trinajstić information content (AvgIpc) is 2.66. The SMILES string of the molecule is Cc1cc(NC(=O)c2cccc(S(=O)(=O)N[C@@H]3CCCC[C@H]3O)c2)ccc1F. The lowest BCUT2D eigenvalue weighted by molar-refractivity contribution is 0.101. The van der Waals surface area contributed by atoms with Crippen molar-refractivity contribution < 1.29 is 22.7 Å². The number of anilines is 1. The number of sulfonamides is 1. The van der Waals surface area contributed by atoms with Crippen molar-refractivity contribution in [2.24, 2.45) is 0 Å². The van der Waals surface area contributed by atoms with Gasteiger partial charge in [-0.2, -0.15) is 0 Å². The van der Waals surface area contributed by atoms with E-state index in [1.165, 1.54) is 42.5 Å². The van der Waals surface area contributed by atoms with Gasteiger partial charge in [-0.25, -0.2) is 17.5 Å². The molecule has 1 saturated carbocycles. The van der Waals surface area contributed by atoms with Crippen LogP contribution in [0, 0.1) is 12.7 Å². The molecule has 8 heteroatoms. The van der Waals surface area contributed by atoms with Crippen molar-refractivity contribution in [3.8, 4) is 0 Å². The van der Waals surface area contributed by atoms with E-state index < -0.39 is 28.1 Å². The monoisotopic (exact) mass is 406 g/mol. The van der Waals surface area contributed by atoms with Gasteiger partial charge >= 0.3 is 0 Å². The molecule has 0 aromatic heterocycles. The van der Waals surface area contributed by atoms with Crippen LogP contribution in [-0.2, 0) is 10.0 Å². The molecule has 0 aliphatic heterocycles. The van der Waals surface area contributed by atoms with Crippen LogP contribution < -0.4 is 10.0 Å². The van der Waals surface area contributed by atoms with Crippen LogP contribution in [0.2, 0.25) is 0 Å². The predicted octanol–water partition coefficient (Wildman–Crippen LogP) is 2.97. The van der Waals surface area contributed by atoms with Gasteiger partial charge in [0.2, 0.25) is 10.0 Å². The van der Waals surface area contributed by atoms with Crippen molar-refractivity contribution >= 4 is 21.6 Å². The van der Waals surface area contributed by atoms with Crippen LogP contribution >= 0.6 is 0 Å². The van der Waals surface area contributed by atoms with Crippen molar-refractivity contribution in [3.05, 3.63) is 59.4 Å². The van der Waals surface area contributed by atoms with Gasteiger partial charge in [0.15, 0.2) is 0 Å². The molecule has 1 amide bonds. The Bertz CT molecular complexity index is 978. The largest absolute Gasteiger partial charge is 0.391 e. The van der Waals surface area contributed by atoms with E-state index in [9.17, 15) is 22.7 Å². The summed E-state index contributed by atoms with van der Waals surface area (Å²) in [5.74, 6) is -0.872. The lowest BCUT2D eigenvalue weighted by Crippen LogP contribution is -2.44. The van der Waals surface area contributed by atoms with Crippen LogP contribution in [0.4, 0.5) is 10.1 Å². The Morgan fingerprint density at radius 2 is 1.89 bits per heavy atom. The quantitative estimate of drug-likeness (QED) is 0.711. The van der Waals surface area contributed by atoms with E-state index in [0.29, 0.717) is 24.1 Å². The van der Waals surface area contributed by atoms with E-state index in [1.807, 2.05) is 0 Å². The molecule has 0 radical (unpaired) electrons. The molecule has 1 aliphatic rings. The molecule has 3 rings (SSSR count). The zero-order valence-electron chi connectivity index (χ0n) is 15.5. The molecule has 0 saturated heterocycles. The van der Waals surface area contributed by atoms with Crippen molar-refractivity contribution in [2.75, 3.05) is 5.32 Å². The van der Waals surface area contributed by atoms with E-state index in [2.05, 4.69) is 10.0 Å². The fraction of sp³-hybridized carbons (Fsp3) is 0.350. The molecular formula is C20H23FN2O4S. The Labute approximate surface area is 163 Å². The van der Waals surface area contributed by atoms with E-state index in [0.717, 1.165) is 12.8 Å². The second-order valence-electron chi connectivity index (χ2n) is 7.03. The van der Waals surface area contributed by atoms with Crippen LogP contribution in [-0.4, -0.2) is 31.6 Å². The highest BCUT2D eigenvalue weighted by Gasteiger charge is 2.28. The first-order valence-corrected chi connectivity index (χ1v) is 10.6. The molecule has 0 bridgehead atoms. The molecule has 6 nitrogen and oxygen atoms in total. The highest BCUT2D eigenvalue weighted by molar-refractivity contribution is 7.89. The number of carbonyl (C=O) groups is 1. The molecule has 0 heterocycles. The van der Waals surface area contributed by atoms with Gasteiger partial charge in [-0.1, -0.05) is 18.9 Å². The summed E-state index contributed by atoms with van der Waals surface area (Å²) in [5.41, 5.74) is 0.971. The van der Waals surface area contributed by atoms with Crippen LogP contribution in [0.3, 0.4) is 0 Å². The summed E-state index contributed by atoms with van der Waals surface area (Å²) in [6, 6.07) is 9.33. The van der Waals surface area contributed by atoms with Crippen LogP contribution in [0.1, 0.15) is 41.6 Å². The first-order chi connectivity index (χ1) is 13.3. The Balaban J connectivity index is 1.76. The lowest BCUT2D eigenvalue weighted by atomic mass is 9.93. The van der Waals surface area contributed by atoms with Crippen molar-refractivity contribution in [1.82, 2.24) is 4.72 Å². The summed E-state index contributed by atoms with van der Waals surface area (Å²) < 4.78 is 41.2. The maximum Gasteiger partial charge on any atom is 0.255 e. The van der Waals surface area contributed by atoms with Crippen LogP contribution in [0.25, 0.3) is 0 Å². The van der Waals surface area contributed by atoms with Gasteiger partial charge in [0, 0.05) is 17.3 Å². The van der Waals surface area contributed by atoms with Crippen LogP contribution in [0.15, 0.2) is 47.4 Å². The molecule has 2 aromatic rings. The fourth-order valence-electron chi connectivity index (χ4n) is 3.25. The fourth-order valence-corrected chi connectivity index (χ4v) is 4.60. The molecule has 1 fully saturated rings. The minimum Gasteiger partial charge on any atom is -0.391 e. The van der Waals surface area contributed by atoms with E-state index >= 15 is 0 Å². The lowest BCUT2D eigenvalue weighted by Gasteiger charge is -2.28. The third-order valence-electron chi connectivity index (χ3n) is 4.86. The molecule has 1 aliphatic carbocycles. The van der Waals surface area contributed by atoms with E-state index in [-0.39, 0.29) is 16.3 Å². The zero-order valence-corrected chi connectivity index (χ0v) is 16.3. The first kappa shape index (κ1) is 20.4. The standard InChI is InChI=1S/C20H23FN2O4S/c1-13-11-15(9-10-17(13)21)22-20(25)14-5-4-6-16(12-14)28(26,27)23-18-7-2-3-8-19(18)24/h4-6,9-12,18-19,23-24H,2-3,7-8H2,1H3,(H,22,25)/t18-,19-/m1/s1. The number of carbonyl (C=O) groups excluding carboxylic acids is 1. The van der Waals surface area contributed by atoms with Crippen molar-refractivity contribution in [3.63, 3.8) is 0 Å². The minimum atomic E-state index is -3.87. The molecular weight excluding hydrogens is 383 g/mol. The molecule has 28 heavy (non-hydrogen) atoms. The Hall–Kier alpha value is -2.29. The molecule has 150 valence electrons. The van der Waals surface area contributed by atoms with Crippen molar-refractivity contribution in [1.29, 1.82) is 0 Å². The summed E-state index contributed by atoms with van der Waals surface area (Å²) in [4.78, 5) is 12.4. The number of rotatable bonds is 5. The van der Waals surface area contributed by atoms with Gasteiger partial charge in [-0.05, 0) is 61.7 Å². The maximum atomic E-state index is 13.4. The molecule has 2 atom stereocenters. The number of halogens is 1. The first-order valence-electron chi connectivity index (χ1n) is 9.14. The summed E-state index contributed by atoms with van der Waals surface area (Å²) in [7, 11) is -3.87. The van der Waals surface area contributed by atoms with Gasteiger partial charge in [-0.3, -0.25) is 4.79 Å². The van der Waals surface area contributed by atoms with Gasteiger partial charge in [0.05, 0.1) is 11.0 Å². The summed E-state index contributed by atoms with van der Waals surface area (Å²) in [6.07, 6.45) is 2.15. The number of hydrogen-bond donors (Lipinski definition) is 3. The van der Waals surface area contributed by atoms with Gasteiger partial charge in [-0.15, -0.1) is 0 Å². The van der Waals surface area contributed by atoms with Crippen molar-refractivity contribution in [2.45, 2.75) is 49.6 Å².